The molecule has 1 amide bonds. The van der Waals surface area contributed by atoms with Crippen LogP contribution in [-0.2, 0) is 14.8 Å². The number of benzene rings is 2. The lowest BCUT2D eigenvalue weighted by Gasteiger charge is -2.31. The summed E-state index contributed by atoms with van der Waals surface area (Å²) < 4.78 is 27.5. The number of aryl methyl sites for hydroxylation is 2. The molecule has 1 N–H and O–H groups in total. The van der Waals surface area contributed by atoms with Crippen LogP contribution in [0.4, 0.5) is 5.69 Å². The second-order valence-corrected chi connectivity index (χ2v) is 9.88. The van der Waals surface area contributed by atoms with Crippen LogP contribution < -0.4 is 5.32 Å². The maximum Gasteiger partial charge on any atom is 0.243 e. The molecule has 0 aromatic heterocycles. The van der Waals surface area contributed by atoms with E-state index >= 15 is 0 Å². The molecule has 1 heterocycles. The van der Waals surface area contributed by atoms with Crippen molar-refractivity contribution in [3.8, 4) is 0 Å². The Morgan fingerprint density at radius 2 is 1.73 bits per heavy atom. The van der Waals surface area contributed by atoms with Gasteiger partial charge in [-0.15, -0.1) is 0 Å². The van der Waals surface area contributed by atoms with Gasteiger partial charge in [-0.1, -0.05) is 43.3 Å². The van der Waals surface area contributed by atoms with Crippen LogP contribution in [0.15, 0.2) is 53.9 Å². The van der Waals surface area contributed by atoms with Crippen LogP contribution in [0.2, 0.25) is 0 Å². The molecule has 1 aliphatic heterocycles. The number of amides is 1. The molecule has 5 nitrogen and oxygen atoms in total. The molecule has 30 heavy (non-hydrogen) atoms. The zero-order valence-corrected chi connectivity index (χ0v) is 18.8. The smallest absolute Gasteiger partial charge is 0.243 e. The van der Waals surface area contributed by atoms with E-state index in [9.17, 15) is 13.2 Å². The highest BCUT2D eigenvalue weighted by molar-refractivity contribution is 7.89. The van der Waals surface area contributed by atoms with Crippen molar-refractivity contribution in [3.05, 3.63) is 65.7 Å². The molecule has 2 aromatic rings. The number of hydrogen-bond donors (Lipinski definition) is 1. The quantitative estimate of drug-likeness (QED) is 0.724. The molecule has 0 aliphatic carbocycles. The van der Waals surface area contributed by atoms with E-state index in [-0.39, 0.29) is 11.8 Å². The Morgan fingerprint density at radius 3 is 2.30 bits per heavy atom. The third-order valence-corrected chi connectivity index (χ3v) is 7.82. The zero-order valence-electron chi connectivity index (χ0n) is 17.9. The maximum atomic E-state index is 13.0. The number of anilines is 1. The molecule has 0 atom stereocenters. The number of nitrogens with zero attached hydrogens (tertiary/aromatic N) is 1. The number of allylic oxidation sites excluding steroid dienone is 1. The van der Waals surface area contributed by atoms with E-state index in [1.165, 1.54) is 4.31 Å². The Bertz CT molecular complexity index is 1030. The van der Waals surface area contributed by atoms with Crippen molar-refractivity contribution in [2.75, 3.05) is 18.4 Å². The van der Waals surface area contributed by atoms with Crippen LogP contribution in [0.5, 0.6) is 0 Å². The van der Waals surface area contributed by atoms with Crippen molar-refractivity contribution < 1.29 is 13.2 Å². The Morgan fingerprint density at radius 1 is 1.10 bits per heavy atom. The van der Waals surface area contributed by atoms with Gasteiger partial charge >= 0.3 is 0 Å². The second kappa shape index (κ2) is 9.14. The van der Waals surface area contributed by atoms with Gasteiger partial charge in [-0.3, -0.25) is 4.79 Å². The summed E-state index contributed by atoms with van der Waals surface area (Å²) in [5, 5.41) is 2.96. The van der Waals surface area contributed by atoms with Crippen LogP contribution in [0.25, 0.3) is 5.57 Å². The molecular weight excluding hydrogens is 396 g/mol. The van der Waals surface area contributed by atoms with Gasteiger partial charge in [0.1, 0.15) is 0 Å². The van der Waals surface area contributed by atoms with Crippen molar-refractivity contribution in [2.45, 2.75) is 44.9 Å². The molecule has 1 aliphatic rings. The third-order valence-electron chi connectivity index (χ3n) is 5.76. The summed E-state index contributed by atoms with van der Waals surface area (Å²) in [5.41, 5.74) is 4.67. The summed E-state index contributed by atoms with van der Waals surface area (Å²) >= 11 is 0. The normalized spacial score (nSPS) is 15.7. The van der Waals surface area contributed by atoms with Crippen molar-refractivity contribution in [3.63, 3.8) is 0 Å². The van der Waals surface area contributed by atoms with E-state index in [0.717, 1.165) is 34.4 Å². The van der Waals surface area contributed by atoms with Gasteiger partial charge < -0.3 is 5.32 Å². The first kappa shape index (κ1) is 22.2. The SMILES string of the molecule is C=C(CC)c1ccc(NC(=O)C2CCN(S(=O)(=O)c3ccc(C)cc3C)CC2)cc1. The fourth-order valence-corrected chi connectivity index (χ4v) is 5.50. The fraction of sp³-hybridized carbons (Fsp3) is 0.375. The predicted octanol–water partition coefficient (Wildman–Crippen LogP) is 4.77. The van der Waals surface area contributed by atoms with Crippen LogP contribution in [0, 0.1) is 19.8 Å². The molecular formula is C24H30N2O3S. The van der Waals surface area contributed by atoms with E-state index in [4.69, 9.17) is 0 Å². The minimum Gasteiger partial charge on any atom is -0.326 e. The third kappa shape index (κ3) is 4.82. The van der Waals surface area contributed by atoms with E-state index in [1.54, 1.807) is 6.07 Å². The number of carbonyl (C=O) groups excluding carboxylic acids is 1. The minimum absolute atomic E-state index is 0.0550. The van der Waals surface area contributed by atoms with E-state index < -0.39 is 10.0 Å². The molecule has 6 heteroatoms. The van der Waals surface area contributed by atoms with E-state index in [2.05, 4.69) is 18.8 Å². The highest BCUT2D eigenvalue weighted by atomic mass is 32.2. The summed E-state index contributed by atoms with van der Waals surface area (Å²) in [4.78, 5) is 13.0. The molecule has 0 spiro atoms. The molecule has 0 saturated carbocycles. The number of carbonyl (C=O) groups is 1. The highest BCUT2D eigenvalue weighted by Crippen LogP contribution is 2.27. The number of rotatable bonds is 6. The van der Waals surface area contributed by atoms with Crippen molar-refractivity contribution in [2.24, 2.45) is 5.92 Å². The summed E-state index contributed by atoms with van der Waals surface area (Å²) in [6.07, 6.45) is 1.91. The molecule has 0 radical (unpaired) electrons. The van der Waals surface area contributed by atoms with Gasteiger partial charge in [0.2, 0.25) is 15.9 Å². The number of sulfonamides is 1. The minimum atomic E-state index is -3.54. The van der Waals surface area contributed by atoms with E-state index in [1.807, 2.05) is 50.2 Å². The molecule has 0 bridgehead atoms. The van der Waals surface area contributed by atoms with Gasteiger partial charge in [-0.05, 0) is 68.0 Å². The van der Waals surface area contributed by atoms with Gasteiger partial charge in [0.05, 0.1) is 4.90 Å². The first-order valence-electron chi connectivity index (χ1n) is 10.4. The molecule has 160 valence electrons. The Kier molecular flexibility index (Phi) is 6.78. The summed E-state index contributed by atoms with van der Waals surface area (Å²) in [5.74, 6) is -0.249. The number of hydrogen-bond acceptors (Lipinski definition) is 3. The zero-order chi connectivity index (χ0) is 21.9. The Labute approximate surface area is 179 Å². The number of piperidine rings is 1. The lowest BCUT2D eigenvalue weighted by molar-refractivity contribution is -0.120. The molecule has 0 unspecified atom stereocenters. The number of nitrogens with one attached hydrogen (secondary N) is 1. The highest BCUT2D eigenvalue weighted by Gasteiger charge is 2.32. The maximum absolute atomic E-state index is 13.0. The first-order valence-corrected chi connectivity index (χ1v) is 11.8. The van der Waals surface area contributed by atoms with Crippen LogP contribution in [0.3, 0.4) is 0 Å². The summed E-state index contributed by atoms with van der Waals surface area (Å²) in [6.45, 7) is 10.6. The van der Waals surface area contributed by atoms with Gasteiger partial charge in [-0.2, -0.15) is 4.31 Å². The lowest BCUT2D eigenvalue weighted by atomic mass is 9.97. The molecule has 3 rings (SSSR count). The van der Waals surface area contributed by atoms with Crippen LogP contribution >= 0.6 is 0 Å². The van der Waals surface area contributed by atoms with Gasteiger partial charge in [-0.25, -0.2) is 8.42 Å². The second-order valence-electron chi connectivity index (χ2n) is 7.97. The standard InChI is InChI=1S/C24H30N2O3S/c1-5-18(3)20-7-9-22(10-8-20)25-24(27)21-12-14-26(15-13-21)30(28,29)23-11-6-17(2)16-19(23)4/h6-11,16,21H,3,5,12-15H2,1-2,4H3,(H,25,27). The van der Waals surface area contributed by atoms with Crippen LogP contribution in [0.1, 0.15) is 42.9 Å². The van der Waals surface area contributed by atoms with Crippen LogP contribution in [-0.4, -0.2) is 31.7 Å². The Balaban J connectivity index is 1.60. The van der Waals surface area contributed by atoms with Gasteiger partial charge in [0, 0.05) is 24.7 Å². The van der Waals surface area contributed by atoms with E-state index in [0.29, 0.717) is 30.8 Å². The summed E-state index contributed by atoms with van der Waals surface area (Å²) in [7, 11) is -3.54. The predicted molar refractivity (Wildman–Crippen MR) is 122 cm³/mol. The molecule has 1 fully saturated rings. The van der Waals surface area contributed by atoms with Gasteiger partial charge in [0.15, 0.2) is 0 Å². The first-order chi connectivity index (χ1) is 14.2. The van der Waals surface area contributed by atoms with Crippen molar-refractivity contribution >= 4 is 27.2 Å². The molecule has 2 aromatic carbocycles. The molecule has 1 saturated heterocycles. The fourth-order valence-electron chi connectivity index (χ4n) is 3.82. The topological polar surface area (TPSA) is 66.5 Å². The van der Waals surface area contributed by atoms with Gasteiger partial charge in [0.25, 0.3) is 0 Å². The van der Waals surface area contributed by atoms with Crippen molar-refractivity contribution in [1.29, 1.82) is 0 Å². The Hall–Kier alpha value is -2.44. The average molecular weight is 427 g/mol. The van der Waals surface area contributed by atoms with Crippen molar-refractivity contribution in [1.82, 2.24) is 4.31 Å². The largest absolute Gasteiger partial charge is 0.326 e. The monoisotopic (exact) mass is 426 g/mol. The average Bonchev–Trinajstić information content (AvgIpc) is 2.73. The lowest BCUT2D eigenvalue weighted by Crippen LogP contribution is -2.41. The summed E-state index contributed by atoms with van der Waals surface area (Å²) in [6, 6.07) is 13.1.